The molecule has 0 radical (unpaired) electrons. The van der Waals surface area contributed by atoms with E-state index >= 15 is 0 Å². The molecule has 1 nitrogen and oxygen atoms in total. The van der Waals surface area contributed by atoms with E-state index in [1.165, 1.54) is 49.7 Å². The van der Waals surface area contributed by atoms with Crippen molar-refractivity contribution in [2.24, 2.45) is 5.92 Å². The van der Waals surface area contributed by atoms with Crippen LogP contribution in [0, 0.1) is 5.92 Å². The minimum Gasteiger partial charge on any atom is -0.508 e. The van der Waals surface area contributed by atoms with Gasteiger partial charge >= 0.3 is 0 Å². The van der Waals surface area contributed by atoms with Gasteiger partial charge in [0.1, 0.15) is 5.75 Å². The van der Waals surface area contributed by atoms with Crippen LogP contribution in [-0.2, 0) is 6.42 Å². The Balaban J connectivity index is 1.72. The molecule has 1 atom stereocenters. The summed E-state index contributed by atoms with van der Waals surface area (Å²) >= 11 is 0. The van der Waals surface area contributed by atoms with Crippen molar-refractivity contribution in [1.29, 1.82) is 0 Å². The highest BCUT2D eigenvalue weighted by Crippen LogP contribution is 2.29. The van der Waals surface area contributed by atoms with Crippen LogP contribution < -0.4 is 0 Å². The van der Waals surface area contributed by atoms with Gasteiger partial charge in [-0.2, -0.15) is 0 Å². The van der Waals surface area contributed by atoms with E-state index in [9.17, 15) is 5.11 Å². The van der Waals surface area contributed by atoms with Gasteiger partial charge in [-0.05, 0) is 82.4 Å². The lowest BCUT2D eigenvalue weighted by Gasteiger charge is -2.22. The lowest BCUT2D eigenvalue weighted by Crippen LogP contribution is -2.07. The summed E-state index contributed by atoms with van der Waals surface area (Å²) in [5, 5.41) is 9.30. The molecular formula is C20H28O. The predicted molar refractivity (Wildman–Crippen MR) is 90.5 cm³/mol. The fourth-order valence-electron chi connectivity index (χ4n) is 3.01. The standard InChI is InChI=1S/C20H28O/c1-16(2)4-3-5-17-6-8-18(9-7-17)10-11-19-12-14-20(21)15-13-19/h4,6,12-15,18,21H,3,5,7-11H2,1-2H3. The lowest BCUT2D eigenvalue weighted by molar-refractivity contribution is 0.433. The van der Waals surface area contributed by atoms with Crippen LogP contribution in [0.15, 0.2) is 47.6 Å². The van der Waals surface area contributed by atoms with Crippen LogP contribution in [0.25, 0.3) is 0 Å². The molecule has 0 fully saturated rings. The Labute approximate surface area is 129 Å². The number of rotatable bonds is 6. The first-order valence-electron chi connectivity index (χ1n) is 8.22. The van der Waals surface area contributed by atoms with Crippen molar-refractivity contribution in [2.75, 3.05) is 0 Å². The van der Waals surface area contributed by atoms with Crippen LogP contribution in [-0.4, -0.2) is 5.11 Å². The van der Waals surface area contributed by atoms with Gasteiger partial charge in [0.25, 0.3) is 0 Å². The summed E-state index contributed by atoms with van der Waals surface area (Å²) in [5.74, 6) is 1.20. The van der Waals surface area contributed by atoms with Gasteiger partial charge in [0.15, 0.2) is 0 Å². The minimum atomic E-state index is 0.361. The summed E-state index contributed by atoms with van der Waals surface area (Å²) < 4.78 is 0. The molecule has 2 rings (SSSR count). The molecule has 0 bridgehead atoms. The molecule has 1 heteroatoms. The Morgan fingerprint density at radius 1 is 1.19 bits per heavy atom. The van der Waals surface area contributed by atoms with Crippen LogP contribution in [0.4, 0.5) is 0 Å². The molecule has 0 heterocycles. The van der Waals surface area contributed by atoms with Gasteiger partial charge < -0.3 is 5.11 Å². The van der Waals surface area contributed by atoms with Crippen molar-refractivity contribution < 1.29 is 5.11 Å². The maximum atomic E-state index is 9.30. The van der Waals surface area contributed by atoms with Crippen molar-refractivity contribution in [3.63, 3.8) is 0 Å². The van der Waals surface area contributed by atoms with Gasteiger partial charge in [0.2, 0.25) is 0 Å². The number of phenolic OH excluding ortho intramolecular Hbond substituents is 1. The van der Waals surface area contributed by atoms with Crippen molar-refractivity contribution in [3.05, 3.63) is 53.1 Å². The molecule has 1 aromatic carbocycles. The number of allylic oxidation sites excluding steroid dienone is 4. The molecule has 1 aliphatic rings. The Bertz CT molecular complexity index is 489. The van der Waals surface area contributed by atoms with Gasteiger partial charge in [-0.1, -0.05) is 35.4 Å². The van der Waals surface area contributed by atoms with E-state index in [4.69, 9.17) is 0 Å². The van der Waals surface area contributed by atoms with Crippen molar-refractivity contribution >= 4 is 0 Å². The summed E-state index contributed by atoms with van der Waals surface area (Å²) in [5.41, 5.74) is 4.43. The predicted octanol–water partition coefficient (Wildman–Crippen LogP) is 5.80. The third-order valence-electron chi connectivity index (χ3n) is 4.41. The van der Waals surface area contributed by atoms with Gasteiger partial charge in [-0.25, -0.2) is 0 Å². The van der Waals surface area contributed by atoms with Crippen LogP contribution in [0.3, 0.4) is 0 Å². The van der Waals surface area contributed by atoms with Crippen LogP contribution in [0.1, 0.15) is 57.9 Å². The molecular weight excluding hydrogens is 256 g/mol. The first-order chi connectivity index (χ1) is 10.1. The topological polar surface area (TPSA) is 20.2 Å². The quantitative estimate of drug-likeness (QED) is 0.655. The molecule has 21 heavy (non-hydrogen) atoms. The number of phenols is 1. The largest absolute Gasteiger partial charge is 0.508 e. The van der Waals surface area contributed by atoms with E-state index in [0.717, 1.165) is 12.3 Å². The van der Waals surface area contributed by atoms with Gasteiger partial charge in [0.05, 0.1) is 0 Å². The van der Waals surface area contributed by atoms with E-state index in [1.807, 2.05) is 12.1 Å². The summed E-state index contributed by atoms with van der Waals surface area (Å²) in [6.45, 7) is 4.35. The van der Waals surface area contributed by atoms with Crippen molar-refractivity contribution in [2.45, 2.75) is 58.8 Å². The lowest BCUT2D eigenvalue weighted by atomic mass is 9.84. The number of aromatic hydroxyl groups is 1. The van der Waals surface area contributed by atoms with Gasteiger partial charge in [-0.15, -0.1) is 0 Å². The SMILES string of the molecule is CC(C)=CCCC1=CCC(CCc2ccc(O)cc2)CC1. The zero-order valence-corrected chi connectivity index (χ0v) is 13.4. The number of hydrogen-bond donors (Lipinski definition) is 1. The monoisotopic (exact) mass is 284 g/mol. The Hall–Kier alpha value is -1.50. The average molecular weight is 284 g/mol. The summed E-state index contributed by atoms with van der Waals surface area (Å²) in [6, 6.07) is 7.66. The minimum absolute atomic E-state index is 0.361. The molecule has 0 amide bonds. The summed E-state index contributed by atoms with van der Waals surface area (Å²) in [7, 11) is 0. The first kappa shape index (κ1) is 15.9. The summed E-state index contributed by atoms with van der Waals surface area (Å²) in [6.07, 6.45) is 13.6. The maximum absolute atomic E-state index is 9.30. The molecule has 1 N–H and O–H groups in total. The molecule has 0 saturated heterocycles. The van der Waals surface area contributed by atoms with Gasteiger partial charge in [0, 0.05) is 0 Å². The van der Waals surface area contributed by atoms with E-state index < -0.39 is 0 Å². The molecule has 1 aromatic rings. The van der Waals surface area contributed by atoms with Gasteiger partial charge in [-0.3, -0.25) is 0 Å². The Morgan fingerprint density at radius 3 is 2.57 bits per heavy atom. The zero-order chi connectivity index (χ0) is 15.1. The van der Waals surface area contributed by atoms with Crippen LogP contribution >= 0.6 is 0 Å². The molecule has 1 aliphatic carbocycles. The highest BCUT2D eigenvalue weighted by molar-refractivity contribution is 5.26. The number of hydrogen-bond acceptors (Lipinski definition) is 1. The molecule has 0 aromatic heterocycles. The summed E-state index contributed by atoms with van der Waals surface area (Å²) in [4.78, 5) is 0. The zero-order valence-electron chi connectivity index (χ0n) is 13.4. The second-order valence-corrected chi connectivity index (χ2v) is 6.53. The second kappa shape index (κ2) is 8.07. The Kier molecular flexibility index (Phi) is 6.10. The normalized spacial score (nSPS) is 18.2. The second-order valence-electron chi connectivity index (χ2n) is 6.53. The highest BCUT2D eigenvalue weighted by atomic mass is 16.3. The van der Waals surface area contributed by atoms with Crippen molar-refractivity contribution in [3.8, 4) is 5.75 Å². The van der Waals surface area contributed by atoms with Crippen LogP contribution in [0.5, 0.6) is 5.75 Å². The third kappa shape index (κ3) is 5.79. The van der Waals surface area contributed by atoms with E-state index in [-0.39, 0.29) is 0 Å². The molecule has 0 aliphatic heterocycles. The smallest absolute Gasteiger partial charge is 0.115 e. The van der Waals surface area contributed by atoms with Crippen LogP contribution in [0.2, 0.25) is 0 Å². The molecule has 114 valence electrons. The number of benzene rings is 1. The fourth-order valence-corrected chi connectivity index (χ4v) is 3.01. The van der Waals surface area contributed by atoms with E-state index in [1.54, 1.807) is 17.7 Å². The molecule has 1 unspecified atom stereocenters. The first-order valence-corrected chi connectivity index (χ1v) is 8.22. The number of aryl methyl sites for hydroxylation is 1. The van der Waals surface area contributed by atoms with E-state index in [0.29, 0.717) is 5.75 Å². The molecule has 0 spiro atoms. The maximum Gasteiger partial charge on any atom is 0.115 e. The highest BCUT2D eigenvalue weighted by Gasteiger charge is 2.14. The average Bonchev–Trinajstić information content (AvgIpc) is 2.48. The molecule has 0 saturated carbocycles. The third-order valence-corrected chi connectivity index (χ3v) is 4.41. The van der Waals surface area contributed by atoms with E-state index in [2.05, 4.69) is 26.0 Å². The fraction of sp³-hybridized carbons (Fsp3) is 0.500. The Morgan fingerprint density at radius 2 is 1.95 bits per heavy atom. The van der Waals surface area contributed by atoms with Crippen molar-refractivity contribution in [1.82, 2.24) is 0 Å².